The van der Waals surface area contributed by atoms with E-state index in [4.69, 9.17) is 24.7 Å². The molecule has 0 unspecified atom stereocenters. The maximum absolute atomic E-state index is 13.6. The zero-order valence-corrected chi connectivity index (χ0v) is 33.2. The first-order chi connectivity index (χ1) is 28.0. The highest BCUT2D eigenvalue weighted by Crippen LogP contribution is 2.58. The number of hydrogen-bond donors (Lipinski definition) is 1. The van der Waals surface area contributed by atoms with Gasteiger partial charge in [0, 0.05) is 18.5 Å². The van der Waals surface area contributed by atoms with Crippen molar-refractivity contribution in [3.05, 3.63) is 185 Å². The van der Waals surface area contributed by atoms with Crippen LogP contribution >= 0.6 is 0 Å². The van der Waals surface area contributed by atoms with Crippen molar-refractivity contribution < 1.29 is 24.2 Å². The first-order valence-corrected chi connectivity index (χ1v) is 19.4. The van der Waals surface area contributed by atoms with E-state index < -0.39 is 34.9 Å². The molecule has 0 bridgehead atoms. The molecular formula is C47H46N6O5. The smallest absolute Gasteiger partial charge is 0.431 e. The zero-order chi connectivity index (χ0) is 40.9. The predicted molar refractivity (Wildman–Crippen MR) is 220 cm³/mol. The van der Waals surface area contributed by atoms with E-state index in [1.165, 1.54) is 0 Å². The van der Waals surface area contributed by atoms with Gasteiger partial charge in [-0.15, -0.1) is 10.2 Å². The Morgan fingerprint density at radius 2 is 1.26 bits per heavy atom. The van der Waals surface area contributed by atoms with E-state index in [1.807, 2.05) is 104 Å². The van der Waals surface area contributed by atoms with Gasteiger partial charge in [0.2, 0.25) is 5.66 Å². The molecule has 0 aliphatic carbocycles. The Balaban J connectivity index is 1.35. The van der Waals surface area contributed by atoms with Crippen LogP contribution in [0.5, 0.6) is 0 Å². The Bertz CT molecular complexity index is 2330. The lowest BCUT2D eigenvalue weighted by Crippen LogP contribution is -2.48. The number of carbonyl (C=O) groups is 2. The number of aromatic nitrogens is 2. The molecule has 1 aromatic heterocycles. The summed E-state index contributed by atoms with van der Waals surface area (Å²) < 4.78 is 11.9. The quantitative estimate of drug-likeness (QED) is 0.0704. The molecule has 0 spiro atoms. The number of aryl methyl sites for hydroxylation is 1. The second-order valence-electron chi connectivity index (χ2n) is 15.1. The van der Waals surface area contributed by atoms with Crippen molar-refractivity contribution in [1.82, 2.24) is 9.55 Å². The number of carbonyl (C=O) groups excluding carboxylic acids is 2. The lowest BCUT2D eigenvalue weighted by molar-refractivity contribution is 0.0257. The second-order valence-corrected chi connectivity index (χ2v) is 15.1. The van der Waals surface area contributed by atoms with E-state index in [1.54, 1.807) is 32.3 Å². The first-order valence-electron chi connectivity index (χ1n) is 19.4. The highest BCUT2D eigenvalue weighted by molar-refractivity contribution is 5.95. The molecule has 58 heavy (non-hydrogen) atoms. The number of aliphatic hydroxyl groups is 1. The number of esters is 1. The minimum Gasteiger partial charge on any atom is -0.431 e. The average molecular weight is 775 g/mol. The molecule has 0 amide bonds. The van der Waals surface area contributed by atoms with Crippen LogP contribution in [0.1, 0.15) is 90.9 Å². The van der Waals surface area contributed by atoms with E-state index in [-0.39, 0.29) is 17.9 Å². The van der Waals surface area contributed by atoms with E-state index in [0.717, 1.165) is 45.4 Å². The molecule has 11 heteroatoms. The van der Waals surface area contributed by atoms with Crippen LogP contribution in [0.25, 0.3) is 11.1 Å². The summed E-state index contributed by atoms with van der Waals surface area (Å²) in [5.74, 6) is -0.372. The Morgan fingerprint density at radius 3 is 1.76 bits per heavy atom. The summed E-state index contributed by atoms with van der Waals surface area (Å²) in [7, 11) is 0. The van der Waals surface area contributed by atoms with Gasteiger partial charge in [-0.25, -0.2) is 14.6 Å². The molecule has 0 atom stereocenters. The van der Waals surface area contributed by atoms with Crippen molar-refractivity contribution in [3.63, 3.8) is 0 Å². The summed E-state index contributed by atoms with van der Waals surface area (Å²) >= 11 is 0. The molecule has 2 heterocycles. The van der Waals surface area contributed by atoms with Crippen LogP contribution in [-0.2, 0) is 39.1 Å². The minimum absolute atomic E-state index is 0.0101. The molecule has 5 aromatic carbocycles. The Morgan fingerprint density at radius 1 is 0.741 bits per heavy atom. The molecule has 0 saturated carbocycles. The van der Waals surface area contributed by atoms with E-state index in [2.05, 4.69) is 52.9 Å². The van der Waals surface area contributed by atoms with Gasteiger partial charge in [0.15, 0.2) is 5.69 Å². The maximum atomic E-state index is 13.6. The molecule has 1 N–H and O–H groups in total. The number of nitrogens with zero attached hydrogens (tertiary/aromatic N) is 6. The van der Waals surface area contributed by atoms with Crippen LogP contribution in [0.2, 0.25) is 0 Å². The predicted octanol–water partition coefficient (Wildman–Crippen LogP) is 10.5. The summed E-state index contributed by atoms with van der Waals surface area (Å²) in [6.07, 6.45) is -0.353. The summed E-state index contributed by atoms with van der Waals surface area (Å²) in [6, 6.07) is 46.8. The van der Waals surface area contributed by atoms with Crippen LogP contribution in [0.15, 0.2) is 160 Å². The maximum Gasteiger partial charge on any atom is 0.516 e. The SMILES string of the molecule is CCCc1nc(C(C)(C)O)c(C(=O)OC(=O)OC(C)C)n1Cc1ccc(-c2ccccc2C2(C(c3ccccc3)(c3ccccc3)c3ccccc3)N=NN=N2)cc1. The van der Waals surface area contributed by atoms with E-state index in [9.17, 15) is 14.7 Å². The molecule has 7 rings (SSSR count). The normalized spacial score (nSPS) is 13.5. The van der Waals surface area contributed by atoms with E-state index >= 15 is 0 Å². The highest BCUT2D eigenvalue weighted by atomic mass is 16.7. The lowest BCUT2D eigenvalue weighted by atomic mass is 9.59. The molecule has 1 aliphatic heterocycles. The monoisotopic (exact) mass is 774 g/mol. The Kier molecular flexibility index (Phi) is 11.3. The second kappa shape index (κ2) is 16.5. The highest BCUT2D eigenvalue weighted by Gasteiger charge is 2.60. The molecule has 11 nitrogen and oxygen atoms in total. The molecule has 1 aliphatic rings. The van der Waals surface area contributed by atoms with Crippen molar-refractivity contribution in [2.75, 3.05) is 0 Å². The van der Waals surface area contributed by atoms with Crippen molar-refractivity contribution in [2.45, 2.75) is 76.8 Å². The molecule has 0 fully saturated rings. The van der Waals surface area contributed by atoms with E-state index in [0.29, 0.717) is 12.2 Å². The van der Waals surface area contributed by atoms with Crippen molar-refractivity contribution in [3.8, 4) is 11.1 Å². The van der Waals surface area contributed by atoms with Gasteiger partial charge in [-0.1, -0.05) is 146 Å². The third-order valence-corrected chi connectivity index (χ3v) is 10.3. The number of ether oxygens (including phenoxy) is 2. The zero-order valence-electron chi connectivity index (χ0n) is 33.2. The van der Waals surface area contributed by atoms with Gasteiger partial charge in [0.1, 0.15) is 17.1 Å². The minimum atomic E-state index is -1.50. The average Bonchev–Trinajstić information content (AvgIpc) is 3.86. The van der Waals surface area contributed by atoms with Crippen LogP contribution in [0.3, 0.4) is 0 Å². The van der Waals surface area contributed by atoms with Gasteiger partial charge in [0.25, 0.3) is 0 Å². The van der Waals surface area contributed by atoms with Crippen LogP contribution in [-0.4, -0.2) is 32.9 Å². The van der Waals surface area contributed by atoms with Gasteiger partial charge < -0.3 is 19.1 Å². The van der Waals surface area contributed by atoms with Crippen LogP contribution in [0.4, 0.5) is 4.79 Å². The Labute approximate surface area is 338 Å². The van der Waals surface area contributed by atoms with Gasteiger partial charge in [0.05, 0.1) is 11.5 Å². The summed E-state index contributed by atoms with van der Waals surface area (Å²) in [4.78, 5) is 30.8. The van der Waals surface area contributed by atoms with Crippen LogP contribution < -0.4 is 0 Å². The lowest BCUT2D eigenvalue weighted by Gasteiger charge is -2.45. The van der Waals surface area contributed by atoms with Crippen molar-refractivity contribution in [2.24, 2.45) is 20.7 Å². The largest absolute Gasteiger partial charge is 0.516 e. The topological polar surface area (TPSA) is 140 Å². The first kappa shape index (κ1) is 39.6. The molecule has 6 aromatic rings. The van der Waals surface area contributed by atoms with Gasteiger partial charge >= 0.3 is 12.1 Å². The third kappa shape index (κ3) is 7.36. The fourth-order valence-corrected chi connectivity index (χ4v) is 7.89. The standard InChI is InChI=1S/C47H46N6O5/c1-6-18-40-48-42(45(4,5)56)41(43(54)58-44(55)57-32(2)3)53(40)31-33-27-29-34(30-28-33)38-25-16-17-26-39(38)47(49-51-52-50-47)46(35-19-10-7-11-20-35,36-21-12-8-13-22-36)37-23-14-9-15-24-37/h7-17,19-30,32,56H,6,18,31H2,1-5H3. The molecule has 0 radical (unpaired) electrons. The fourth-order valence-electron chi connectivity index (χ4n) is 7.89. The number of imidazole rings is 1. The third-order valence-electron chi connectivity index (χ3n) is 10.3. The number of hydrogen-bond acceptors (Lipinski definition) is 10. The fraction of sp³-hybridized carbons (Fsp3) is 0.255. The molecule has 294 valence electrons. The summed E-state index contributed by atoms with van der Waals surface area (Å²) in [5.41, 5.74) is 2.58. The number of benzene rings is 5. The summed E-state index contributed by atoms with van der Waals surface area (Å²) in [6.45, 7) is 8.63. The van der Waals surface area contributed by atoms with Crippen molar-refractivity contribution >= 4 is 12.1 Å². The van der Waals surface area contributed by atoms with Crippen molar-refractivity contribution in [1.29, 1.82) is 0 Å². The van der Waals surface area contributed by atoms with Gasteiger partial charge in [-0.05, 0) is 77.9 Å². The Hall–Kier alpha value is -6.59. The van der Waals surface area contributed by atoms with Crippen LogP contribution in [0, 0.1) is 0 Å². The number of rotatable bonds is 13. The molecule has 0 saturated heterocycles. The van der Waals surface area contributed by atoms with Gasteiger partial charge in [-0.2, -0.15) is 0 Å². The molecular weight excluding hydrogens is 729 g/mol. The summed E-state index contributed by atoms with van der Waals surface area (Å²) in [5, 5.41) is 29.6. The van der Waals surface area contributed by atoms with Gasteiger partial charge in [-0.3, -0.25) is 0 Å².